The van der Waals surface area contributed by atoms with Crippen LogP contribution in [-0.2, 0) is 17.9 Å². The highest BCUT2D eigenvalue weighted by atomic mass is 35.5. The van der Waals surface area contributed by atoms with E-state index in [-0.39, 0.29) is 5.91 Å². The maximum atomic E-state index is 12.0. The third kappa shape index (κ3) is 4.69. The number of nitrogens with one attached hydrogen (secondary N) is 1. The summed E-state index contributed by atoms with van der Waals surface area (Å²) in [6.45, 7) is 1.20. The Hall–Kier alpha value is -2.15. The van der Waals surface area contributed by atoms with Gasteiger partial charge in [-0.05, 0) is 37.1 Å². The molecule has 132 valence electrons. The summed E-state index contributed by atoms with van der Waals surface area (Å²) in [6.07, 6.45) is 4.93. The summed E-state index contributed by atoms with van der Waals surface area (Å²) in [5, 5.41) is 14.1. The van der Waals surface area contributed by atoms with Crippen LogP contribution in [0.4, 0.5) is 0 Å². The number of hydrogen-bond acceptors (Lipinski definition) is 5. The molecule has 1 aliphatic rings. The number of nitrogens with zero attached hydrogens (tertiary/aromatic N) is 2. The molecule has 1 aromatic carbocycles. The van der Waals surface area contributed by atoms with Crippen molar-refractivity contribution < 1.29 is 14.7 Å². The van der Waals surface area contributed by atoms with Crippen LogP contribution in [0.1, 0.15) is 24.0 Å². The minimum absolute atomic E-state index is 0.300. The molecule has 3 rings (SSSR count). The second kappa shape index (κ2) is 8.29. The number of ether oxygens (including phenoxy) is 1. The molecule has 1 atom stereocenters. The molecule has 1 aliphatic heterocycles. The van der Waals surface area contributed by atoms with Gasteiger partial charge in [0.05, 0.1) is 6.04 Å². The predicted molar refractivity (Wildman–Crippen MR) is 93.4 cm³/mol. The van der Waals surface area contributed by atoms with Crippen molar-refractivity contribution >= 4 is 17.5 Å². The number of pyridine rings is 1. The predicted octanol–water partition coefficient (Wildman–Crippen LogP) is 2.78. The minimum Gasteiger partial charge on any atom is -0.489 e. The molecule has 2 aromatic rings. The Morgan fingerprint density at radius 2 is 2.28 bits per heavy atom. The maximum absolute atomic E-state index is 12.0. The molecule has 2 N–H and O–H groups in total. The first-order chi connectivity index (χ1) is 12.1. The summed E-state index contributed by atoms with van der Waals surface area (Å²) in [7, 11) is 0. The fourth-order valence-electron chi connectivity index (χ4n) is 2.75. The molecule has 1 unspecified atom stereocenters. The van der Waals surface area contributed by atoms with Gasteiger partial charge < -0.3 is 10.1 Å². The zero-order valence-electron chi connectivity index (χ0n) is 13.7. The average Bonchev–Trinajstić information content (AvgIpc) is 2.63. The van der Waals surface area contributed by atoms with Crippen molar-refractivity contribution in [3.05, 3.63) is 58.9 Å². The number of benzene rings is 1. The van der Waals surface area contributed by atoms with Crippen molar-refractivity contribution in [2.45, 2.75) is 32.0 Å². The molecule has 0 radical (unpaired) electrons. The third-order valence-corrected chi connectivity index (χ3v) is 4.33. The summed E-state index contributed by atoms with van der Waals surface area (Å²) in [5.41, 5.74) is 1.83. The van der Waals surface area contributed by atoms with Crippen molar-refractivity contribution in [1.29, 1.82) is 0 Å². The van der Waals surface area contributed by atoms with E-state index in [1.54, 1.807) is 18.5 Å². The van der Waals surface area contributed by atoms with Crippen LogP contribution in [0.5, 0.6) is 5.75 Å². The number of hydroxylamine groups is 2. The van der Waals surface area contributed by atoms with Crippen molar-refractivity contribution in [1.82, 2.24) is 15.4 Å². The minimum atomic E-state index is -0.399. The van der Waals surface area contributed by atoms with Gasteiger partial charge in [0.1, 0.15) is 12.4 Å². The lowest BCUT2D eigenvalue weighted by atomic mass is 10.1. The quantitative estimate of drug-likeness (QED) is 0.774. The van der Waals surface area contributed by atoms with Gasteiger partial charge in [0.15, 0.2) is 0 Å². The molecule has 0 spiro atoms. The Labute approximate surface area is 151 Å². The Morgan fingerprint density at radius 3 is 3.08 bits per heavy atom. The number of carbonyl (C=O) groups excluding carboxylic acids is 1. The van der Waals surface area contributed by atoms with Crippen molar-refractivity contribution in [2.75, 3.05) is 6.54 Å². The van der Waals surface area contributed by atoms with E-state index in [0.717, 1.165) is 22.6 Å². The van der Waals surface area contributed by atoms with Crippen LogP contribution < -0.4 is 10.1 Å². The van der Waals surface area contributed by atoms with E-state index < -0.39 is 6.04 Å². The first kappa shape index (κ1) is 17.7. The van der Waals surface area contributed by atoms with Crippen LogP contribution in [0.25, 0.3) is 0 Å². The van der Waals surface area contributed by atoms with Gasteiger partial charge in [0.2, 0.25) is 0 Å². The maximum Gasteiger partial charge on any atom is 0.263 e. The van der Waals surface area contributed by atoms with Gasteiger partial charge in [-0.25, -0.2) is 5.06 Å². The molecule has 1 saturated heterocycles. The highest BCUT2D eigenvalue weighted by Crippen LogP contribution is 2.24. The Bertz CT molecular complexity index is 727. The zero-order chi connectivity index (χ0) is 17.6. The molecular formula is C18H20ClN3O3. The van der Waals surface area contributed by atoms with Crippen molar-refractivity contribution in [3.8, 4) is 5.75 Å². The molecular weight excluding hydrogens is 342 g/mol. The Morgan fingerprint density at radius 1 is 1.40 bits per heavy atom. The molecule has 0 saturated carbocycles. The number of piperidine rings is 1. The zero-order valence-corrected chi connectivity index (χ0v) is 14.4. The van der Waals surface area contributed by atoms with Crippen LogP contribution >= 0.6 is 11.6 Å². The largest absolute Gasteiger partial charge is 0.489 e. The van der Waals surface area contributed by atoms with Crippen LogP contribution in [0.3, 0.4) is 0 Å². The van der Waals surface area contributed by atoms with Gasteiger partial charge in [-0.1, -0.05) is 17.7 Å². The van der Waals surface area contributed by atoms with Gasteiger partial charge in [0, 0.05) is 41.6 Å². The molecule has 1 aromatic heterocycles. The Kier molecular flexibility index (Phi) is 5.86. The van der Waals surface area contributed by atoms with E-state index in [9.17, 15) is 10.0 Å². The van der Waals surface area contributed by atoms with Gasteiger partial charge >= 0.3 is 0 Å². The summed E-state index contributed by atoms with van der Waals surface area (Å²) < 4.78 is 5.88. The smallest absolute Gasteiger partial charge is 0.263 e. The van der Waals surface area contributed by atoms with E-state index in [4.69, 9.17) is 16.3 Å². The molecule has 1 amide bonds. The van der Waals surface area contributed by atoms with Crippen LogP contribution in [-0.4, -0.2) is 33.7 Å². The lowest BCUT2D eigenvalue weighted by molar-refractivity contribution is -0.172. The number of amides is 1. The lowest BCUT2D eigenvalue weighted by Gasteiger charge is -2.28. The topological polar surface area (TPSA) is 74.7 Å². The van der Waals surface area contributed by atoms with E-state index >= 15 is 0 Å². The summed E-state index contributed by atoms with van der Waals surface area (Å²) in [6, 6.07) is 8.80. The molecule has 7 heteroatoms. The van der Waals surface area contributed by atoms with Crippen molar-refractivity contribution in [2.24, 2.45) is 0 Å². The van der Waals surface area contributed by atoms with Crippen LogP contribution in [0, 0.1) is 0 Å². The van der Waals surface area contributed by atoms with Gasteiger partial charge in [-0.3, -0.25) is 15.0 Å². The number of carbonyl (C=O) groups is 1. The second-order valence-electron chi connectivity index (χ2n) is 5.94. The summed E-state index contributed by atoms with van der Waals surface area (Å²) >= 11 is 6.10. The van der Waals surface area contributed by atoms with E-state index in [1.165, 1.54) is 0 Å². The average molecular weight is 362 g/mol. The fourth-order valence-corrected chi connectivity index (χ4v) is 2.95. The second-order valence-corrected chi connectivity index (χ2v) is 6.38. The standard InChI is InChI=1S/C18H20ClN3O3/c19-15-5-6-17(25-12-13-3-1-7-20-10-13)14(9-15)11-21-16-4-2-8-22(24)18(16)23/h1,3,5-7,9-10,16,21,24H,2,4,8,11-12H2. The van der Waals surface area contributed by atoms with E-state index in [0.29, 0.717) is 36.9 Å². The fraction of sp³-hybridized carbons (Fsp3) is 0.333. The lowest BCUT2D eigenvalue weighted by Crippen LogP contribution is -2.49. The van der Waals surface area contributed by atoms with Crippen LogP contribution in [0.2, 0.25) is 5.02 Å². The molecule has 0 bridgehead atoms. The number of halogens is 1. The summed E-state index contributed by atoms with van der Waals surface area (Å²) in [5.74, 6) is 0.399. The summed E-state index contributed by atoms with van der Waals surface area (Å²) in [4.78, 5) is 16.0. The molecule has 0 aliphatic carbocycles. The molecule has 2 heterocycles. The van der Waals surface area contributed by atoms with E-state index in [1.807, 2.05) is 24.3 Å². The molecule has 25 heavy (non-hydrogen) atoms. The highest BCUT2D eigenvalue weighted by molar-refractivity contribution is 6.30. The highest BCUT2D eigenvalue weighted by Gasteiger charge is 2.27. The third-order valence-electron chi connectivity index (χ3n) is 4.09. The SMILES string of the molecule is O=C1C(NCc2cc(Cl)ccc2OCc2cccnc2)CCCN1O. The van der Waals surface area contributed by atoms with Gasteiger partial charge in [-0.2, -0.15) is 0 Å². The Balaban J connectivity index is 1.65. The monoisotopic (exact) mass is 361 g/mol. The van der Waals surface area contributed by atoms with Crippen LogP contribution in [0.15, 0.2) is 42.7 Å². The van der Waals surface area contributed by atoms with E-state index in [2.05, 4.69) is 10.3 Å². The number of aromatic nitrogens is 1. The normalized spacial score (nSPS) is 17.6. The number of hydrogen-bond donors (Lipinski definition) is 2. The molecule has 1 fully saturated rings. The van der Waals surface area contributed by atoms with Gasteiger partial charge in [-0.15, -0.1) is 0 Å². The van der Waals surface area contributed by atoms with Gasteiger partial charge in [0.25, 0.3) is 5.91 Å². The molecule has 6 nitrogen and oxygen atoms in total. The first-order valence-corrected chi connectivity index (χ1v) is 8.55. The first-order valence-electron chi connectivity index (χ1n) is 8.17. The number of rotatable bonds is 6. The van der Waals surface area contributed by atoms with Crippen molar-refractivity contribution in [3.63, 3.8) is 0 Å².